The Morgan fingerprint density at radius 1 is 1.00 bits per heavy atom. The number of hydrogen-bond acceptors (Lipinski definition) is 6. The van der Waals surface area contributed by atoms with Gasteiger partial charge in [-0.3, -0.25) is 0 Å². The second-order valence-electron chi connectivity index (χ2n) is 2.72. The van der Waals surface area contributed by atoms with Gasteiger partial charge in [-0.15, -0.1) is 0 Å². The van der Waals surface area contributed by atoms with Crippen LogP contribution < -0.4 is 0 Å². The van der Waals surface area contributed by atoms with Crippen molar-refractivity contribution in [2.24, 2.45) is 0 Å². The molecular weight excluding hydrogens is 184 g/mol. The standard InChI is InChI=1S/C6H12O5S/c7-3-2(1-12)11-6(10)5(9)4(3)8/h2-10,12H,1H2/t2-,3-,4+,5-,6?/m1/s1. The van der Waals surface area contributed by atoms with Crippen molar-refractivity contribution in [3.8, 4) is 0 Å². The zero-order chi connectivity index (χ0) is 9.30. The largest absolute Gasteiger partial charge is 0.388 e. The topological polar surface area (TPSA) is 90.2 Å². The third kappa shape index (κ3) is 1.73. The molecule has 1 unspecified atom stereocenters. The van der Waals surface area contributed by atoms with Gasteiger partial charge < -0.3 is 25.2 Å². The van der Waals surface area contributed by atoms with E-state index >= 15 is 0 Å². The Morgan fingerprint density at radius 3 is 2.08 bits per heavy atom. The van der Waals surface area contributed by atoms with E-state index in [-0.39, 0.29) is 5.75 Å². The van der Waals surface area contributed by atoms with Gasteiger partial charge in [-0.25, -0.2) is 0 Å². The quantitative estimate of drug-likeness (QED) is 0.305. The first-order chi connectivity index (χ1) is 5.57. The number of rotatable bonds is 1. The van der Waals surface area contributed by atoms with Crippen LogP contribution in [0.2, 0.25) is 0 Å². The number of aliphatic hydroxyl groups is 4. The molecule has 1 rings (SSSR count). The highest BCUT2D eigenvalue weighted by Crippen LogP contribution is 2.20. The summed E-state index contributed by atoms with van der Waals surface area (Å²) in [5.74, 6) is 0.169. The van der Waals surface area contributed by atoms with Crippen molar-refractivity contribution in [3.05, 3.63) is 0 Å². The van der Waals surface area contributed by atoms with Gasteiger partial charge in [0, 0.05) is 5.75 Å². The van der Waals surface area contributed by atoms with Crippen molar-refractivity contribution in [3.63, 3.8) is 0 Å². The fourth-order valence-corrected chi connectivity index (χ4v) is 1.38. The van der Waals surface area contributed by atoms with Crippen LogP contribution in [0.1, 0.15) is 0 Å². The van der Waals surface area contributed by atoms with Gasteiger partial charge in [-0.2, -0.15) is 12.6 Å². The van der Waals surface area contributed by atoms with Crippen LogP contribution in [-0.2, 0) is 4.74 Å². The van der Waals surface area contributed by atoms with Gasteiger partial charge in [0.25, 0.3) is 0 Å². The van der Waals surface area contributed by atoms with Crippen molar-refractivity contribution in [1.29, 1.82) is 0 Å². The minimum absolute atomic E-state index is 0.169. The molecule has 0 radical (unpaired) electrons. The summed E-state index contributed by atoms with van der Waals surface area (Å²) < 4.78 is 4.75. The number of thiol groups is 1. The molecule has 12 heavy (non-hydrogen) atoms. The molecule has 1 heterocycles. The second-order valence-corrected chi connectivity index (χ2v) is 3.08. The Hall–Kier alpha value is 0.150. The lowest BCUT2D eigenvalue weighted by Crippen LogP contribution is -2.57. The van der Waals surface area contributed by atoms with Crippen LogP contribution in [0.4, 0.5) is 0 Å². The molecule has 0 aromatic rings. The number of ether oxygens (including phenoxy) is 1. The molecular formula is C6H12O5S. The SMILES string of the molecule is OC1O[C@H](CS)[C@@H](O)[C@H](O)[C@H]1O. The Bertz CT molecular complexity index is 150. The summed E-state index contributed by atoms with van der Waals surface area (Å²) >= 11 is 3.84. The Morgan fingerprint density at radius 2 is 1.58 bits per heavy atom. The number of aliphatic hydroxyl groups excluding tert-OH is 4. The van der Waals surface area contributed by atoms with Crippen LogP contribution in [0.5, 0.6) is 0 Å². The molecule has 1 aliphatic rings. The maximum Gasteiger partial charge on any atom is 0.183 e. The van der Waals surface area contributed by atoms with Gasteiger partial charge in [-0.1, -0.05) is 0 Å². The normalized spacial score (nSPS) is 49.2. The lowest BCUT2D eigenvalue weighted by Gasteiger charge is -2.37. The lowest BCUT2D eigenvalue weighted by molar-refractivity contribution is -0.276. The molecule has 4 N–H and O–H groups in total. The van der Waals surface area contributed by atoms with Crippen LogP contribution in [0, 0.1) is 0 Å². The van der Waals surface area contributed by atoms with E-state index < -0.39 is 30.7 Å². The molecule has 0 aliphatic carbocycles. The average Bonchev–Trinajstić information content (AvgIpc) is 2.08. The van der Waals surface area contributed by atoms with Crippen LogP contribution in [-0.4, -0.2) is 56.9 Å². The van der Waals surface area contributed by atoms with Gasteiger partial charge >= 0.3 is 0 Å². The summed E-state index contributed by atoms with van der Waals surface area (Å²) in [7, 11) is 0. The van der Waals surface area contributed by atoms with Gasteiger partial charge in [0.15, 0.2) is 6.29 Å². The Balaban J connectivity index is 2.63. The van der Waals surface area contributed by atoms with E-state index in [1.165, 1.54) is 0 Å². The summed E-state index contributed by atoms with van der Waals surface area (Å²) in [5, 5.41) is 36.4. The van der Waals surface area contributed by atoms with Gasteiger partial charge in [0.05, 0.1) is 6.10 Å². The molecule has 72 valence electrons. The maximum absolute atomic E-state index is 9.23. The van der Waals surface area contributed by atoms with Gasteiger partial charge in [0.1, 0.15) is 18.3 Å². The predicted octanol–water partition coefficient (Wildman–Crippen LogP) is -2.28. The van der Waals surface area contributed by atoms with Crippen LogP contribution in [0.25, 0.3) is 0 Å². The van der Waals surface area contributed by atoms with Crippen molar-refractivity contribution in [1.82, 2.24) is 0 Å². The minimum atomic E-state index is -1.46. The molecule has 0 aromatic carbocycles. The van der Waals surface area contributed by atoms with E-state index in [0.717, 1.165) is 0 Å². The molecule has 0 aromatic heterocycles. The molecule has 0 saturated carbocycles. The highest BCUT2D eigenvalue weighted by atomic mass is 32.1. The number of hydrogen-bond donors (Lipinski definition) is 5. The molecule has 6 heteroatoms. The highest BCUT2D eigenvalue weighted by Gasteiger charge is 2.42. The third-order valence-corrected chi connectivity index (χ3v) is 2.23. The minimum Gasteiger partial charge on any atom is -0.388 e. The molecule has 5 atom stereocenters. The predicted molar refractivity (Wildman–Crippen MR) is 42.8 cm³/mol. The lowest BCUT2D eigenvalue weighted by atomic mass is 10.0. The van der Waals surface area contributed by atoms with Crippen molar-refractivity contribution < 1.29 is 25.2 Å². The van der Waals surface area contributed by atoms with E-state index in [4.69, 9.17) is 20.1 Å². The summed E-state index contributed by atoms with van der Waals surface area (Å²) in [4.78, 5) is 0. The first-order valence-electron chi connectivity index (χ1n) is 3.56. The monoisotopic (exact) mass is 196 g/mol. The van der Waals surface area contributed by atoms with Crippen molar-refractivity contribution >= 4 is 12.6 Å². The van der Waals surface area contributed by atoms with Gasteiger partial charge in [0.2, 0.25) is 0 Å². The summed E-state index contributed by atoms with van der Waals surface area (Å²) in [6.45, 7) is 0. The zero-order valence-electron chi connectivity index (χ0n) is 6.24. The third-order valence-electron chi connectivity index (χ3n) is 1.87. The molecule has 0 bridgehead atoms. The highest BCUT2D eigenvalue weighted by molar-refractivity contribution is 7.80. The van der Waals surface area contributed by atoms with Crippen LogP contribution >= 0.6 is 12.6 Å². The summed E-state index contributed by atoms with van der Waals surface area (Å²) in [5.41, 5.74) is 0. The van der Waals surface area contributed by atoms with Crippen LogP contribution in [0.15, 0.2) is 0 Å². The fraction of sp³-hybridized carbons (Fsp3) is 1.00. The van der Waals surface area contributed by atoms with E-state index in [9.17, 15) is 5.11 Å². The Labute approximate surface area is 75.0 Å². The first-order valence-corrected chi connectivity index (χ1v) is 4.19. The molecule has 5 nitrogen and oxygen atoms in total. The van der Waals surface area contributed by atoms with Crippen molar-refractivity contribution in [2.45, 2.75) is 30.7 Å². The molecule has 1 saturated heterocycles. The van der Waals surface area contributed by atoms with Crippen LogP contribution in [0.3, 0.4) is 0 Å². The average molecular weight is 196 g/mol. The van der Waals surface area contributed by atoms with E-state index in [1.807, 2.05) is 0 Å². The summed E-state index contributed by atoms with van der Waals surface area (Å²) in [6, 6.07) is 0. The van der Waals surface area contributed by atoms with Crippen molar-refractivity contribution in [2.75, 3.05) is 5.75 Å². The smallest absolute Gasteiger partial charge is 0.183 e. The van der Waals surface area contributed by atoms with Gasteiger partial charge in [-0.05, 0) is 0 Å². The summed E-state index contributed by atoms with van der Waals surface area (Å²) in [6.07, 6.45) is -6.26. The van der Waals surface area contributed by atoms with E-state index in [2.05, 4.69) is 12.6 Å². The van der Waals surface area contributed by atoms with E-state index in [0.29, 0.717) is 0 Å². The maximum atomic E-state index is 9.23. The molecule has 0 spiro atoms. The first kappa shape index (κ1) is 10.2. The van der Waals surface area contributed by atoms with E-state index in [1.54, 1.807) is 0 Å². The molecule has 1 aliphatic heterocycles. The molecule has 1 fully saturated rings. The zero-order valence-corrected chi connectivity index (χ0v) is 7.13. The fourth-order valence-electron chi connectivity index (χ4n) is 1.08. The second kappa shape index (κ2) is 3.91. The Kier molecular flexibility index (Phi) is 3.33. The molecule has 0 amide bonds.